The van der Waals surface area contributed by atoms with E-state index < -0.39 is 0 Å². The van der Waals surface area contributed by atoms with Crippen LogP contribution in [0, 0.1) is 5.82 Å². The number of nitrogens with two attached hydrogens (primary N) is 1. The highest BCUT2D eigenvalue weighted by Crippen LogP contribution is 2.35. The summed E-state index contributed by atoms with van der Waals surface area (Å²) in [5.74, 6) is -0.578. The van der Waals surface area contributed by atoms with Crippen LogP contribution in [-0.2, 0) is 0 Å². The van der Waals surface area contributed by atoms with Crippen LogP contribution in [0.2, 0.25) is 0 Å². The van der Waals surface area contributed by atoms with E-state index in [1.807, 2.05) is 7.05 Å². The normalized spacial score (nSPS) is 19.8. The van der Waals surface area contributed by atoms with E-state index in [0.717, 1.165) is 25.9 Å². The number of hydrogen-bond acceptors (Lipinski definition) is 4. The van der Waals surface area contributed by atoms with Gasteiger partial charge in [0.05, 0.1) is 11.1 Å². The second kappa shape index (κ2) is 5.61. The Bertz CT molecular complexity index is 685. The zero-order chi connectivity index (χ0) is 15.0. The van der Waals surface area contributed by atoms with Gasteiger partial charge >= 0.3 is 0 Å². The molecule has 0 aliphatic carbocycles. The molecule has 0 radical (unpaired) electrons. The fraction of sp³-hybridized carbons (Fsp3) is 0.400. The molecule has 21 heavy (non-hydrogen) atoms. The van der Waals surface area contributed by atoms with Crippen LogP contribution in [0.1, 0.15) is 22.5 Å². The number of nitrogens with zero attached hydrogens (tertiary/aromatic N) is 1. The van der Waals surface area contributed by atoms with Gasteiger partial charge in [-0.05, 0) is 38.6 Å². The Balaban J connectivity index is 1.85. The first-order valence-electron chi connectivity index (χ1n) is 7.02. The molecule has 0 saturated carbocycles. The zero-order valence-corrected chi connectivity index (χ0v) is 12.7. The molecule has 2 heterocycles. The van der Waals surface area contributed by atoms with Crippen molar-refractivity contribution in [3.63, 3.8) is 0 Å². The summed E-state index contributed by atoms with van der Waals surface area (Å²) in [6.45, 7) is 1.90. The van der Waals surface area contributed by atoms with Crippen LogP contribution in [0.25, 0.3) is 10.1 Å². The lowest BCUT2D eigenvalue weighted by Crippen LogP contribution is -2.46. The van der Waals surface area contributed by atoms with E-state index in [4.69, 9.17) is 5.73 Å². The van der Waals surface area contributed by atoms with Crippen LogP contribution >= 0.6 is 11.3 Å². The van der Waals surface area contributed by atoms with Gasteiger partial charge in [0, 0.05) is 17.3 Å². The van der Waals surface area contributed by atoms with Crippen molar-refractivity contribution in [2.45, 2.75) is 18.9 Å². The predicted octanol–water partition coefficient (Wildman–Crippen LogP) is 2.45. The highest BCUT2D eigenvalue weighted by atomic mass is 32.1. The summed E-state index contributed by atoms with van der Waals surface area (Å²) in [6, 6.07) is 4.91. The Morgan fingerprint density at radius 3 is 3.05 bits per heavy atom. The Hall–Kier alpha value is -1.66. The van der Waals surface area contributed by atoms with Crippen LogP contribution in [0.15, 0.2) is 18.2 Å². The molecule has 1 atom stereocenters. The van der Waals surface area contributed by atoms with E-state index in [2.05, 4.69) is 10.2 Å². The molecule has 1 amide bonds. The third-order valence-electron chi connectivity index (χ3n) is 3.87. The molecule has 1 unspecified atom stereocenters. The molecule has 1 aromatic heterocycles. The Morgan fingerprint density at radius 1 is 1.52 bits per heavy atom. The molecule has 1 aromatic carbocycles. The summed E-state index contributed by atoms with van der Waals surface area (Å²) in [4.78, 5) is 15.0. The molecule has 4 nitrogen and oxygen atoms in total. The lowest BCUT2D eigenvalue weighted by atomic mass is 10.1. The van der Waals surface area contributed by atoms with Crippen molar-refractivity contribution in [1.82, 2.24) is 10.2 Å². The molecule has 112 valence electrons. The maximum atomic E-state index is 13.8. The van der Waals surface area contributed by atoms with Gasteiger partial charge in [0.15, 0.2) is 0 Å². The van der Waals surface area contributed by atoms with Crippen molar-refractivity contribution < 1.29 is 9.18 Å². The molecule has 1 aliphatic heterocycles. The number of likely N-dealkylation sites (tertiary alicyclic amines) is 1. The number of thiophene rings is 1. The number of benzene rings is 1. The lowest BCUT2D eigenvalue weighted by Gasteiger charge is -2.30. The number of nitrogens with one attached hydrogen (secondary N) is 1. The first kappa shape index (κ1) is 14.3. The molecule has 1 fully saturated rings. The number of halogens is 1. The molecule has 3 rings (SSSR count). The van der Waals surface area contributed by atoms with Gasteiger partial charge in [-0.15, -0.1) is 11.3 Å². The van der Waals surface area contributed by atoms with Crippen molar-refractivity contribution in [2.75, 3.05) is 25.9 Å². The molecule has 1 aliphatic rings. The standard InChI is InChI=1S/C15H18FN3OS/c1-19-7-3-4-9(8-19)18-15(20)14-13(17)12-10(16)5-2-6-11(12)21-14/h2,5-6,9H,3-4,7-8,17H2,1H3,(H,18,20). The number of likely N-dealkylation sites (N-methyl/N-ethyl adjacent to an activating group) is 1. The fourth-order valence-corrected chi connectivity index (χ4v) is 3.87. The smallest absolute Gasteiger partial charge is 0.263 e. The van der Waals surface area contributed by atoms with Crippen molar-refractivity contribution in [1.29, 1.82) is 0 Å². The fourth-order valence-electron chi connectivity index (χ4n) is 2.83. The topological polar surface area (TPSA) is 58.4 Å². The molecular formula is C15H18FN3OS. The molecule has 3 N–H and O–H groups in total. The molecule has 6 heteroatoms. The average molecular weight is 307 g/mol. The van der Waals surface area contributed by atoms with Crippen molar-refractivity contribution >= 4 is 33.0 Å². The number of rotatable bonds is 2. The quantitative estimate of drug-likeness (QED) is 0.896. The number of piperidine rings is 1. The van der Waals surface area contributed by atoms with E-state index in [1.165, 1.54) is 17.4 Å². The van der Waals surface area contributed by atoms with Crippen molar-refractivity contribution in [3.8, 4) is 0 Å². The number of hydrogen-bond donors (Lipinski definition) is 2. The number of carbonyl (C=O) groups excluding carboxylic acids is 1. The minimum Gasteiger partial charge on any atom is -0.397 e. The van der Waals surface area contributed by atoms with Gasteiger partial charge in [-0.2, -0.15) is 0 Å². The highest BCUT2D eigenvalue weighted by Gasteiger charge is 2.23. The Morgan fingerprint density at radius 2 is 2.33 bits per heavy atom. The number of anilines is 1. The number of fused-ring (bicyclic) bond motifs is 1. The van der Waals surface area contributed by atoms with Crippen LogP contribution < -0.4 is 11.1 Å². The van der Waals surface area contributed by atoms with E-state index in [-0.39, 0.29) is 23.5 Å². The van der Waals surface area contributed by atoms with E-state index >= 15 is 0 Å². The second-order valence-electron chi connectivity index (χ2n) is 5.53. The third-order valence-corrected chi connectivity index (χ3v) is 5.04. The third kappa shape index (κ3) is 2.73. The molecular weight excluding hydrogens is 289 g/mol. The lowest BCUT2D eigenvalue weighted by molar-refractivity contribution is 0.0917. The van der Waals surface area contributed by atoms with Gasteiger partial charge in [0.2, 0.25) is 0 Å². The molecule has 2 aromatic rings. The largest absolute Gasteiger partial charge is 0.397 e. The van der Waals surface area contributed by atoms with Crippen LogP contribution in [0.4, 0.5) is 10.1 Å². The summed E-state index contributed by atoms with van der Waals surface area (Å²) >= 11 is 1.24. The maximum Gasteiger partial charge on any atom is 0.263 e. The van der Waals surface area contributed by atoms with E-state index in [1.54, 1.807) is 12.1 Å². The SMILES string of the molecule is CN1CCCC(NC(=O)c2sc3cccc(F)c3c2N)C1. The van der Waals surface area contributed by atoms with Gasteiger partial charge in [-0.1, -0.05) is 6.07 Å². The molecule has 0 bridgehead atoms. The molecule has 0 spiro atoms. The van der Waals surface area contributed by atoms with Gasteiger partial charge in [0.25, 0.3) is 5.91 Å². The van der Waals surface area contributed by atoms with Gasteiger partial charge in [0.1, 0.15) is 10.7 Å². The van der Waals surface area contributed by atoms with Gasteiger partial charge in [-0.25, -0.2) is 4.39 Å². The predicted molar refractivity (Wildman–Crippen MR) is 84.2 cm³/mol. The van der Waals surface area contributed by atoms with E-state index in [0.29, 0.717) is 15.0 Å². The maximum absolute atomic E-state index is 13.8. The average Bonchev–Trinajstić information content (AvgIpc) is 2.77. The summed E-state index contributed by atoms with van der Waals surface area (Å²) in [5.41, 5.74) is 6.22. The van der Waals surface area contributed by atoms with Crippen LogP contribution in [-0.4, -0.2) is 37.0 Å². The second-order valence-corrected chi connectivity index (χ2v) is 6.58. The summed E-state index contributed by atoms with van der Waals surface area (Å²) in [6.07, 6.45) is 2.03. The first-order valence-corrected chi connectivity index (χ1v) is 7.84. The number of nitrogen functional groups attached to an aromatic ring is 1. The highest BCUT2D eigenvalue weighted by molar-refractivity contribution is 7.21. The van der Waals surface area contributed by atoms with Gasteiger partial charge in [-0.3, -0.25) is 4.79 Å². The monoisotopic (exact) mass is 307 g/mol. The Kier molecular flexibility index (Phi) is 3.82. The van der Waals surface area contributed by atoms with E-state index in [9.17, 15) is 9.18 Å². The molecule has 1 saturated heterocycles. The minimum atomic E-state index is -0.377. The van der Waals surface area contributed by atoms with Crippen LogP contribution in [0.5, 0.6) is 0 Å². The van der Waals surface area contributed by atoms with Crippen molar-refractivity contribution in [2.24, 2.45) is 0 Å². The summed E-state index contributed by atoms with van der Waals surface area (Å²) in [5, 5.41) is 3.37. The zero-order valence-electron chi connectivity index (χ0n) is 11.9. The number of carbonyl (C=O) groups is 1. The van der Waals surface area contributed by atoms with Crippen molar-refractivity contribution in [3.05, 3.63) is 28.9 Å². The first-order chi connectivity index (χ1) is 10.1. The summed E-state index contributed by atoms with van der Waals surface area (Å²) in [7, 11) is 2.04. The van der Waals surface area contributed by atoms with Gasteiger partial charge < -0.3 is 16.0 Å². The minimum absolute atomic E-state index is 0.130. The van der Waals surface area contributed by atoms with Crippen LogP contribution in [0.3, 0.4) is 0 Å². The summed E-state index contributed by atoms with van der Waals surface area (Å²) < 4.78 is 14.5. The number of amides is 1. The Labute approximate surface area is 126 Å².